The number of hydrogen-bond donors (Lipinski definition) is 3. The molecule has 0 radical (unpaired) electrons. The minimum Gasteiger partial charge on any atom is -0.508 e. The first-order valence-electron chi connectivity index (χ1n) is 8.31. The molecule has 1 amide bonds. The van der Waals surface area contributed by atoms with Gasteiger partial charge in [-0.15, -0.1) is 13.2 Å². The molecule has 1 unspecified atom stereocenters. The van der Waals surface area contributed by atoms with Gasteiger partial charge in [-0.05, 0) is 48.4 Å². The number of carbonyl (C=O) groups excluding carboxylic acids is 1. The lowest BCUT2D eigenvalue weighted by atomic mass is 10.1. The van der Waals surface area contributed by atoms with Crippen LogP contribution in [-0.2, 0) is 21.2 Å². The molecule has 2 aromatic rings. The Morgan fingerprint density at radius 2 is 1.73 bits per heavy atom. The summed E-state index contributed by atoms with van der Waals surface area (Å²) in [5.74, 6) is -1.40. The number of nitriles is 1. The monoisotopic (exact) mass is 443 g/mol. The highest BCUT2D eigenvalue weighted by Crippen LogP contribution is 2.24. The van der Waals surface area contributed by atoms with Crippen LogP contribution in [-0.4, -0.2) is 38.4 Å². The number of nitrogens with zero attached hydrogens (tertiary/aromatic N) is 1. The molecule has 0 aliphatic carbocycles. The molecule has 3 N–H and O–H groups in total. The van der Waals surface area contributed by atoms with Crippen molar-refractivity contribution in [3.05, 3.63) is 54.1 Å². The Labute approximate surface area is 169 Å². The van der Waals surface area contributed by atoms with Gasteiger partial charge in [-0.1, -0.05) is 12.1 Å². The zero-order valence-corrected chi connectivity index (χ0v) is 16.0. The molecular weight excluding hydrogens is 427 g/mol. The van der Waals surface area contributed by atoms with Gasteiger partial charge in [0.2, 0.25) is 15.9 Å². The number of aromatic hydroxyl groups is 1. The normalized spacial score (nSPS) is 12.6. The standard InChI is InChI=1S/C18H16F3N3O5S/c19-18(20,21)29-14-5-7-15(8-6-14)30(27,28)24-16(17(26)23-10-9-22)11-12-1-3-13(25)4-2-12/h1-8,16,24-25H,10-11H2,(H,23,26). The molecular formula is C18H16F3N3O5S. The molecule has 160 valence electrons. The number of benzene rings is 2. The lowest BCUT2D eigenvalue weighted by Crippen LogP contribution is -2.48. The van der Waals surface area contributed by atoms with Crippen molar-refractivity contribution in [1.82, 2.24) is 10.0 Å². The zero-order valence-electron chi connectivity index (χ0n) is 15.2. The molecule has 1 atom stereocenters. The summed E-state index contributed by atoms with van der Waals surface area (Å²) in [4.78, 5) is 11.9. The molecule has 8 nitrogen and oxygen atoms in total. The minimum absolute atomic E-state index is 0.0222. The van der Waals surface area contributed by atoms with Crippen LogP contribution in [0.4, 0.5) is 13.2 Å². The third-order valence-electron chi connectivity index (χ3n) is 3.70. The van der Waals surface area contributed by atoms with Crippen molar-refractivity contribution < 1.29 is 36.2 Å². The number of nitrogens with one attached hydrogen (secondary N) is 2. The van der Waals surface area contributed by atoms with E-state index in [4.69, 9.17) is 5.26 Å². The maximum absolute atomic E-state index is 12.6. The number of sulfonamides is 1. The molecule has 0 bridgehead atoms. The highest BCUT2D eigenvalue weighted by Gasteiger charge is 2.31. The van der Waals surface area contributed by atoms with Crippen LogP contribution in [0.2, 0.25) is 0 Å². The molecule has 2 rings (SSSR count). The second kappa shape index (κ2) is 9.47. The summed E-state index contributed by atoms with van der Waals surface area (Å²) >= 11 is 0. The number of halogens is 3. The van der Waals surface area contributed by atoms with Crippen LogP contribution in [0.3, 0.4) is 0 Å². The Bertz CT molecular complexity index is 1020. The van der Waals surface area contributed by atoms with Crippen molar-refractivity contribution in [2.75, 3.05) is 6.54 Å². The van der Waals surface area contributed by atoms with Gasteiger partial charge in [0.15, 0.2) is 0 Å². The number of phenolic OH excluding ortho intramolecular Hbond substituents is 1. The van der Waals surface area contributed by atoms with Gasteiger partial charge in [-0.2, -0.15) is 9.98 Å². The Balaban J connectivity index is 2.22. The van der Waals surface area contributed by atoms with Gasteiger partial charge in [0.1, 0.15) is 24.1 Å². The number of rotatable bonds is 8. The van der Waals surface area contributed by atoms with E-state index in [1.54, 1.807) is 6.07 Å². The van der Waals surface area contributed by atoms with Gasteiger partial charge >= 0.3 is 6.36 Å². The van der Waals surface area contributed by atoms with Crippen LogP contribution in [0.25, 0.3) is 0 Å². The highest BCUT2D eigenvalue weighted by atomic mass is 32.2. The maximum atomic E-state index is 12.6. The van der Waals surface area contributed by atoms with E-state index >= 15 is 0 Å². The highest BCUT2D eigenvalue weighted by molar-refractivity contribution is 7.89. The summed E-state index contributed by atoms with van der Waals surface area (Å²) in [6, 6.07) is 9.50. The van der Waals surface area contributed by atoms with E-state index < -0.39 is 34.1 Å². The van der Waals surface area contributed by atoms with Gasteiger partial charge in [0.05, 0.1) is 11.0 Å². The summed E-state index contributed by atoms with van der Waals surface area (Å²) in [5.41, 5.74) is 0.515. The number of amides is 1. The average molecular weight is 443 g/mol. The molecule has 0 aromatic heterocycles. The van der Waals surface area contributed by atoms with Gasteiger partial charge in [0.25, 0.3) is 0 Å². The smallest absolute Gasteiger partial charge is 0.508 e. The van der Waals surface area contributed by atoms with Crippen molar-refractivity contribution in [1.29, 1.82) is 5.26 Å². The zero-order chi connectivity index (χ0) is 22.4. The molecule has 2 aromatic carbocycles. The third-order valence-corrected chi connectivity index (χ3v) is 5.19. The summed E-state index contributed by atoms with van der Waals surface area (Å²) < 4.78 is 67.8. The molecule has 0 saturated heterocycles. The van der Waals surface area contributed by atoms with E-state index in [1.807, 2.05) is 0 Å². The van der Waals surface area contributed by atoms with Crippen LogP contribution < -0.4 is 14.8 Å². The van der Waals surface area contributed by atoms with Crippen molar-refractivity contribution >= 4 is 15.9 Å². The van der Waals surface area contributed by atoms with Crippen LogP contribution in [0.15, 0.2) is 53.4 Å². The van der Waals surface area contributed by atoms with Crippen LogP contribution >= 0.6 is 0 Å². The lowest BCUT2D eigenvalue weighted by molar-refractivity contribution is -0.274. The van der Waals surface area contributed by atoms with E-state index in [2.05, 4.69) is 14.8 Å². The fourth-order valence-corrected chi connectivity index (χ4v) is 3.58. The molecule has 0 aliphatic heterocycles. The average Bonchev–Trinajstić information content (AvgIpc) is 2.66. The fourth-order valence-electron chi connectivity index (χ4n) is 2.38. The predicted molar refractivity (Wildman–Crippen MR) is 97.7 cm³/mol. The minimum atomic E-state index is -4.92. The van der Waals surface area contributed by atoms with Gasteiger partial charge < -0.3 is 15.2 Å². The van der Waals surface area contributed by atoms with Crippen LogP contribution in [0, 0.1) is 11.3 Å². The first kappa shape index (κ1) is 23.0. The Kier molecular flexibility index (Phi) is 7.25. The second-order valence-corrected chi connectivity index (χ2v) is 7.65. The van der Waals surface area contributed by atoms with Crippen molar-refractivity contribution in [3.63, 3.8) is 0 Å². The number of hydrogen-bond acceptors (Lipinski definition) is 6. The van der Waals surface area contributed by atoms with Crippen LogP contribution in [0.1, 0.15) is 5.56 Å². The Hall–Kier alpha value is -3.30. The number of phenols is 1. The predicted octanol–water partition coefficient (Wildman–Crippen LogP) is 1.82. The fraction of sp³-hybridized carbons (Fsp3) is 0.222. The largest absolute Gasteiger partial charge is 0.573 e. The second-order valence-electron chi connectivity index (χ2n) is 5.94. The topological polar surface area (TPSA) is 129 Å². The quantitative estimate of drug-likeness (QED) is 0.534. The molecule has 0 spiro atoms. The summed E-state index contributed by atoms with van der Waals surface area (Å²) in [6.45, 7) is -0.351. The molecule has 30 heavy (non-hydrogen) atoms. The maximum Gasteiger partial charge on any atom is 0.573 e. The third kappa shape index (κ3) is 6.94. The van der Waals surface area contributed by atoms with Gasteiger partial charge in [-0.25, -0.2) is 8.42 Å². The molecule has 0 saturated carbocycles. The van der Waals surface area contributed by atoms with Crippen molar-refractivity contribution in [2.24, 2.45) is 0 Å². The molecule has 0 heterocycles. The summed E-state index contributed by atoms with van der Waals surface area (Å²) in [6.07, 6.45) is -5.03. The van der Waals surface area contributed by atoms with E-state index in [-0.39, 0.29) is 23.6 Å². The van der Waals surface area contributed by atoms with E-state index in [0.29, 0.717) is 5.56 Å². The lowest BCUT2D eigenvalue weighted by Gasteiger charge is -2.18. The van der Waals surface area contributed by atoms with Gasteiger partial charge in [-0.3, -0.25) is 4.79 Å². The first-order chi connectivity index (χ1) is 14.0. The number of alkyl halides is 3. The molecule has 0 aliphatic rings. The van der Waals surface area contributed by atoms with Crippen molar-refractivity contribution in [3.8, 4) is 17.6 Å². The number of carbonyl (C=O) groups is 1. The van der Waals surface area contributed by atoms with E-state index in [9.17, 15) is 31.5 Å². The van der Waals surface area contributed by atoms with E-state index in [0.717, 1.165) is 24.3 Å². The molecule has 12 heteroatoms. The summed E-state index contributed by atoms with van der Waals surface area (Å²) in [7, 11) is -4.30. The van der Waals surface area contributed by atoms with Crippen molar-refractivity contribution in [2.45, 2.75) is 23.7 Å². The Morgan fingerprint density at radius 3 is 2.27 bits per heavy atom. The van der Waals surface area contributed by atoms with Gasteiger partial charge in [0, 0.05) is 0 Å². The summed E-state index contributed by atoms with van der Waals surface area (Å²) in [5, 5.41) is 20.2. The van der Waals surface area contributed by atoms with Crippen LogP contribution in [0.5, 0.6) is 11.5 Å². The Morgan fingerprint density at radius 1 is 1.13 bits per heavy atom. The molecule has 0 fully saturated rings. The number of ether oxygens (including phenoxy) is 1. The van der Waals surface area contributed by atoms with E-state index in [1.165, 1.54) is 24.3 Å². The SMILES string of the molecule is N#CCNC(=O)C(Cc1ccc(O)cc1)NS(=O)(=O)c1ccc(OC(F)(F)F)cc1. The first-order valence-corrected chi connectivity index (χ1v) is 9.79.